The van der Waals surface area contributed by atoms with Gasteiger partial charge in [-0.3, -0.25) is 9.59 Å². The summed E-state index contributed by atoms with van der Waals surface area (Å²) in [6.07, 6.45) is 2.35. The number of benzene rings is 1. The minimum atomic E-state index is -0.115. The van der Waals surface area contributed by atoms with Crippen molar-refractivity contribution >= 4 is 28.8 Å². The van der Waals surface area contributed by atoms with Gasteiger partial charge in [0.25, 0.3) is 5.91 Å². The Morgan fingerprint density at radius 1 is 1.23 bits per heavy atom. The van der Waals surface area contributed by atoms with Crippen molar-refractivity contribution in [1.82, 2.24) is 14.5 Å². The maximum atomic E-state index is 13.0. The number of hydrogen-bond acceptors (Lipinski definition) is 3. The summed E-state index contributed by atoms with van der Waals surface area (Å²) in [5.74, 6) is -0.0535. The molecule has 0 bridgehead atoms. The smallest absolute Gasteiger partial charge is 0.274 e. The molecule has 3 aromatic rings. The first-order chi connectivity index (χ1) is 12.5. The van der Waals surface area contributed by atoms with Crippen molar-refractivity contribution in [1.29, 1.82) is 0 Å². The molecule has 1 aromatic carbocycles. The minimum absolute atomic E-state index is 0.0612. The van der Waals surface area contributed by atoms with E-state index < -0.39 is 0 Å². The summed E-state index contributed by atoms with van der Waals surface area (Å²) in [4.78, 5) is 26.7. The fraction of sp³-hybridized carbons (Fsp3) is 0.250. The Bertz CT molecular complexity index is 1040. The third kappa shape index (κ3) is 2.69. The Morgan fingerprint density at radius 3 is 2.81 bits per heavy atom. The van der Waals surface area contributed by atoms with Gasteiger partial charge in [-0.1, -0.05) is 29.8 Å². The topological polar surface area (TPSA) is 54.7 Å². The van der Waals surface area contributed by atoms with Crippen LogP contribution in [0.1, 0.15) is 51.9 Å². The van der Waals surface area contributed by atoms with E-state index in [2.05, 4.69) is 5.10 Å². The van der Waals surface area contributed by atoms with Crippen LogP contribution in [0.4, 0.5) is 0 Å². The minimum Gasteiger partial charge on any atom is -0.330 e. The maximum Gasteiger partial charge on any atom is 0.274 e. The van der Waals surface area contributed by atoms with E-state index >= 15 is 0 Å². The van der Waals surface area contributed by atoms with Crippen molar-refractivity contribution in [2.24, 2.45) is 0 Å². The van der Waals surface area contributed by atoms with Crippen molar-refractivity contribution in [2.75, 3.05) is 6.54 Å². The zero-order valence-corrected chi connectivity index (χ0v) is 15.3. The van der Waals surface area contributed by atoms with Crippen LogP contribution in [-0.2, 0) is 6.42 Å². The van der Waals surface area contributed by atoms with Crippen LogP contribution in [0.3, 0.4) is 0 Å². The molecular weight excluding hydrogens is 350 g/mol. The lowest BCUT2D eigenvalue weighted by Crippen LogP contribution is -2.39. The number of aromatic nitrogens is 2. The van der Waals surface area contributed by atoms with Gasteiger partial charge in [-0.25, -0.2) is 4.52 Å². The Kier molecular flexibility index (Phi) is 4.04. The van der Waals surface area contributed by atoms with Crippen molar-refractivity contribution < 1.29 is 9.59 Å². The number of nitrogens with zero attached hydrogens (tertiary/aromatic N) is 3. The van der Waals surface area contributed by atoms with Crippen molar-refractivity contribution in [3.63, 3.8) is 0 Å². The van der Waals surface area contributed by atoms with Gasteiger partial charge in [0.2, 0.25) is 0 Å². The van der Waals surface area contributed by atoms with Crippen LogP contribution in [0.15, 0.2) is 42.6 Å². The van der Waals surface area contributed by atoms with Gasteiger partial charge in [-0.2, -0.15) is 5.10 Å². The van der Waals surface area contributed by atoms with Gasteiger partial charge in [0, 0.05) is 18.3 Å². The standard InChI is InChI=1S/C20H18ClN3O2/c1-12-16-4-3-5-17(13(2)25)18(16)8-9-23(12)20(26)19-10-15-7-6-14(21)11-24(15)22-19/h3-7,10-12H,8-9H2,1-2H3. The molecule has 1 unspecified atom stereocenters. The molecule has 1 amide bonds. The van der Waals surface area contributed by atoms with E-state index in [0.29, 0.717) is 23.7 Å². The zero-order valence-electron chi connectivity index (χ0n) is 14.6. The van der Waals surface area contributed by atoms with Gasteiger partial charge >= 0.3 is 0 Å². The second-order valence-electron chi connectivity index (χ2n) is 6.60. The molecule has 0 N–H and O–H groups in total. The average molecular weight is 368 g/mol. The summed E-state index contributed by atoms with van der Waals surface area (Å²) in [5, 5.41) is 4.94. The molecule has 0 radical (unpaired) electrons. The normalized spacial score (nSPS) is 16.6. The Labute approximate surface area is 156 Å². The van der Waals surface area contributed by atoms with Gasteiger partial charge in [0.1, 0.15) is 0 Å². The van der Waals surface area contributed by atoms with Crippen LogP contribution in [0.2, 0.25) is 5.02 Å². The SMILES string of the molecule is CC(=O)c1cccc2c1CCN(C(=O)c1cc3ccc(Cl)cn3n1)C2C. The van der Waals surface area contributed by atoms with Crippen LogP contribution in [0, 0.1) is 0 Å². The molecule has 6 heteroatoms. The number of Topliss-reactive ketones (excluding diaryl/α,β-unsaturated/α-hetero) is 1. The summed E-state index contributed by atoms with van der Waals surface area (Å²) < 4.78 is 1.62. The first-order valence-electron chi connectivity index (χ1n) is 8.54. The van der Waals surface area contributed by atoms with Gasteiger partial charge in [0.15, 0.2) is 11.5 Å². The predicted octanol–water partition coefficient (Wildman–Crippen LogP) is 3.95. The van der Waals surface area contributed by atoms with Crippen LogP contribution in [0.5, 0.6) is 0 Å². The molecule has 0 saturated heterocycles. The molecule has 0 aliphatic carbocycles. The maximum absolute atomic E-state index is 13.0. The molecule has 1 aliphatic heterocycles. The Morgan fingerprint density at radius 2 is 2.04 bits per heavy atom. The number of hydrogen-bond donors (Lipinski definition) is 0. The quantitative estimate of drug-likeness (QED) is 0.644. The Balaban J connectivity index is 1.69. The molecular formula is C20H18ClN3O2. The number of rotatable bonds is 2. The largest absolute Gasteiger partial charge is 0.330 e. The van der Waals surface area contributed by atoms with E-state index in [1.165, 1.54) is 0 Å². The number of halogens is 1. The highest BCUT2D eigenvalue weighted by atomic mass is 35.5. The lowest BCUT2D eigenvalue weighted by Gasteiger charge is -2.35. The second kappa shape index (κ2) is 6.25. The van der Waals surface area contributed by atoms with Crippen LogP contribution in [0.25, 0.3) is 5.52 Å². The average Bonchev–Trinajstić information content (AvgIpc) is 3.04. The Hall–Kier alpha value is -2.66. The molecule has 0 fully saturated rings. The first-order valence-corrected chi connectivity index (χ1v) is 8.92. The van der Waals surface area contributed by atoms with Gasteiger partial charge in [-0.15, -0.1) is 0 Å². The van der Waals surface area contributed by atoms with E-state index in [1.807, 2.05) is 36.1 Å². The number of carbonyl (C=O) groups is 2. The van der Waals surface area contributed by atoms with E-state index in [-0.39, 0.29) is 17.7 Å². The molecule has 0 saturated carbocycles. The van der Waals surface area contributed by atoms with Crippen LogP contribution < -0.4 is 0 Å². The molecule has 132 valence electrons. The first kappa shape index (κ1) is 16.8. The summed E-state index contributed by atoms with van der Waals surface area (Å²) in [5.41, 5.74) is 4.05. The lowest BCUT2D eigenvalue weighted by molar-refractivity contribution is 0.0671. The summed E-state index contributed by atoms with van der Waals surface area (Å²) in [6.45, 7) is 4.14. The highest BCUT2D eigenvalue weighted by Gasteiger charge is 2.31. The highest BCUT2D eigenvalue weighted by Crippen LogP contribution is 2.32. The van der Waals surface area contributed by atoms with Crippen LogP contribution in [-0.4, -0.2) is 32.7 Å². The van der Waals surface area contributed by atoms with E-state index in [0.717, 1.165) is 22.2 Å². The van der Waals surface area contributed by atoms with Crippen molar-refractivity contribution in [3.8, 4) is 0 Å². The van der Waals surface area contributed by atoms with E-state index in [4.69, 9.17) is 11.6 Å². The molecule has 1 atom stereocenters. The third-order valence-electron chi connectivity index (χ3n) is 5.02. The monoisotopic (exact) mass is 367 g/mol. The number of amides is 1. The molecule has 26 heavy (non-hydrogen) atoms. The van der Waals surface area contributed by atoms with E-state index in [1.54, 1.807) is 29.8 Å². The van der Waals surface area contributed by atoms with E-state index in [9.17, 15) is 9.59 Å². The van der Waals surface area contributed by atoms with Crippen LogP contribution >= 0.6 is 11.6 Å². The number of carbonyl (C=O) groups excluding carboxylic acids is 2. The zero-order chi connectivity index (χ0) is 18.4. The number of pyridine rings is 1. The summed E-state index contributed by atoms with van der Waals surface area (Å²) in [6, 6.07) is 11.0. The number of fused-ring (bicyclic) bond motifs is 2. The number of ketones is 1. The molecule has 2 aromatic heterocycles. The fourth-order valence-corrected chi connectivity index (χ4v) is 3.84. The summed E-state index contributed by atoms with van der Waals surface area (Å²) >= 11 is 5.99. The molecule has 3 heterocycles. The molecule has 5 nitrogen and oxygen atoms in total. The summed E-state index contributed by atoms with van der Waals surface area (Å²) in [7, 11) is 0. The fourth-order valence-electron chi connectivity index (χ4n) is 3.69. The molecule has 4 rings (SSSR count). The van der Waals surface area contributed by atoms with Gasteiger partial charge in [-0.05, 0) is 49.6 Å². The second-order valence-corrected chi connectivity index (χ2v) is 7.04. The van der Waals surface area contributed by atoms with Gasteiger partial charge in [0.05, 0.1) is 16.6 Å². The van der Waals surface area contributed by atoms with Crippen molar-refractivity contribution in [2.45, 2.75) is 26.3 Å². The predicted molar refractivity (Wildman–Crippen MR) is 99.8 cm³/mol. The lowest BCUT2D eigenvalue weighted by atomic mass is 9.88. The van der Waals surface area contributed by atoms with Crippen molar-refractivity contribution in [3.05, 3.63) is 70.0 Å². The van der Waals surface area contributed by atoms with Gasteiger partial charge < -0.3 is 4.90 Å². The highest BCUT2D eigenvalue weighted by molar-refractivity contribution is 6.30. The third-order valence-corrected chi connectivity index (χ3v) is 5.24. The molecule has 1 aliphatic rings. The molecule has 0 spiro atoms.